The third-order valence-corrected chi connectivity index (χ3v) is 1.79. The van der Waals surface area contributed by atoms with Crippen molar-refractivity contribution in [3.8, 4) is 0 Å². The monoisotopic (exact) mass is 236 g/mol. The number of benzene rings is 1. The first kappa shape index (κ1) is 11.6. The Labute approximate surface area is 79.7 Å². The van der Waals surface area contributed by atoms with Gasteiger partial charge in [-0.25, -0.2) is 8.78 Å². The molecule has 0 heterocycles. The molecule has 1 aromatic rings. The summed E-state index contributed by atoms with van der Waals surface area (Å²) in [5, 5.41) is 0.546. The molecule has 0 aliphatic rings. The van der Waals surface area contributed by atoms with Crippen molar-refractivity contribution in [2.75, 3.05) is 0 Å². The van der Waals surface area contributed by atoms with Gasteiger partial charge in [0.1, 0.15) is 0 Å². The summed E-state index contributed by atoms with van der Waals surface area (Å²) in [6.45, 7) is 4.00. The molecule has 0 fully saturated rings. The second-order valence-corrected chi connectivity index (χ2v) is 2.44. The molecular weight excluding hydrogens is 226 g/mol. The van der Waals surface area contributed by atoms with Gasteiger partial charge in [0.2, 0.25) is 0 Å². The van der Waals surface area contributed by atoms with E-state index in [1.165, 1.54) is 12.1 Å². The van der Waals surface area contributed by atoms with E-state index in [0.717, 1.165) is 11.6 Å². The van der Waals surface area contributed by atoms with Gasteiger partial charge in [0.05, 0.1) is 0 Å². The molecule has 68 valence electrons. The Kier molecular flexibility index (Phi) is 5.89. The predicted octanol–water partition coefficient (Wildman–Crippen LogP) is 3.89. The van der Waals surface area contributed by atoms with Crippen molar-refractivity contribution < 1.29 is 8.78 Å². The molecule has 0 N–H and O–H groups in total. The van der Waals surface area contributed by atoms with Crippen LogP contribution in [0.15, 0.2) is 18.2 Å². The van der Waals surface area contributed by atoms with Crippen LogP contribution in [0.3, 0.4) is 0 Å². The SMILES string of the molecule is CC.Fc1ccc(CBr)cc1F. The fourth-order valence-electron chi connectivity index (χ4n) is 0.623. The Balaban J connectivity index is 0.000000561. The largest absolute Gasteiger partial charge is 0.204 e. The molecule has 0 saturated heterocycles. The number of rotatable bonds is 1. The molecule has 0 radical (unpaired) electrons. The molecular formula is C9H11BrF2. The van der Waals surface area contributed by atoms with Gasteiger partial charge in [0, 0.05) is 5.33 Å². The van der Waals surface area contributed by atoms with E-state index in [2.05, 4.69) is 15.9 Å². The van der Waals surface area contributed by atoms with Gasteiger partial charge in [0.15, 0.2) is 11.6 Å². The molecule has 0 unspecified atom stereocenters. The lowest BCUT2D eigenvalue weighted by Gasteiger charge is -1.94. The van der Waals surface area contributed by atoms with E-state index in [1.54, 1.807) is 0 Å². The summed E-state index contributed by atoms with van der Waals surface area (Å²) in [6.07, 6.45) is 0. The number of alkyl halides is 1. The Bertz CT molecular complexity index is 236. The smallest absolute Gasteiger partial charge is 0.159 e. The highest BCUT2D eigenvalue weighted by atomic mass is 79.9. The van der Waals surface area contributed by atoms with Crippen LogP contribution in [0.1, 0.15) is 19.4 Å². The molecule has 0 aromatic heterocycles. The first-order valence-electron chi connectivity index (χ1n) is 3.74. The van der Waals surface area contributed by atoms with E-state index < -0.39 is 11.6 Å². The molecule has 0 aliphatic heterocycles. The lowest BCUT2D eigenvalue weighted by molar-refractivity contribution is 0.507. The molecule has 0 bridgehead atoms. The van der Waals surface area contributed by atoms with Gasteiger partial charge in [-0.1, -0.05) is 35.8 Å². The predicted molar refractivity (Wildman–Crippen MR) is 50.3 cm³/mol. The van der Waals surface area contributed by atoms with E-state index in [9.17, 15) is 8.78 Å². The zero-order valence-electron chi connectivity index (χ0n) is 7.07. The minimum Gasteiger partial charge on any atom is -0.204 e. The van der Waals surface area contributed by atoms with Crippen LogP contribution in [0.25, 0.3) is 0 Å². The molecule has 0 atom stereocenters. The summed E-state index contributed by atoms with van der Waals surface area (Å²) in [7, 11) is 0. The fraction of sp³-hybridized carbons (Fsp3) is 0.333. The van der Waals surface area contributed by atoms with E-state index in [4.69, 9.17) is 0 Å². The second-order valence-electron chi connectivity index (χ2n) is 1.88. The van der Waals surface area contributed by atoms with Gasteiger partial charge in [-0.15, -0.1) is 0 Å². The molecule has 0 spiro atoms. The van der Waals surface area contributed by atoms with Gasteiger partial charge in [-0.05, 0) is 17.7 Å². The van der Waals surface area contributed by atoms with Gasteiger partial charge in [-0.2, -0.15) is 0 Å². The van der Waals surface area contributed by atoms with Crippen LogP contribution in [0.2, 0.25) is 0 Å². The van der Waals surface area contributed by atoms with Crippen molar-refractivity contribution >= 4 is 15.9 Å². The molecule has 1 rings (SSSR count). The summed E-state index contributed by atoms with van der Waals surface area (Å²) in [5.74, 6) is -1.60. The minimum atomic E-state index is -0.801. The minimum absolute atomic E-state index is 0.546. The lowest BCUT2D eigenvalue weighted by atomic mass is 10.2. The van der Waals surface area contributed by atoms with Crippen LogP contribution in [0, 0.1) is 11.6 Å². The van der Waals surface area contributed by atoms with E-state index in [1.807, 2.05) is 13.8 Å². The van der Waals surface area contributed by atoms with Crippen LogP contribution in [0.4, 0.5) is 8.78 Å². The highest BCUT2D eigenvalue weighted by molar-refractivity contribution is 9.08. The zero-order valence-corrected chi connectivity index (χ0v) is 8.66. The second kappa shape index (κ2) is 6.12. The third kappa shape index (κ3) is 3.30. The third-order valence-electron chi connectivity index (χ3n) is 1.14. The quantitative estimate of drug-likeness (QED) is 0.650. The molecule has 1 aromatic carbocycles. The summed E-state index contributed by atoms with van der Waals surface area (Å²) in [6, 6.07) is 3.82. The number of hydrogen-bond donors (Lipinski definition) is 0. The number of halogens is 3. The Hall–Kier alpha value is -0.440. The maximum absolute atomic E-state index is 12.4. The summed E-state index contributed by atoms with van der Waals surface area (Å²) < 4.78 is 24.6. The molecule has 0 saturated carbocycles. The lowest BCUT2D eigenvalue weighted by Crippen LogP contribution is -1.85. The van der Waals surface area contributed by atoms with E-state index >= 15 is 0 Å². The standard InChI is InChI=1S/C7H5BrF2.C2H6/c8-4-5-1-2-6(9)7(10)3-5;1-2/h1-3H,4H2;1-2H3. The Morgan fingerprint density at radius 1 is 1.17 bits per heavy atom. The first-order valence-corrected chi connectivity index (χ1v) is 4.86. The van der Waals surface area contributed by atoms with Crippen LogP contribution >= 0.6 is 15.9 Å². The molecule has 0 aliphatic carbocycles. The van der Waals surface area contributed by atoms with Crippen molar-refractivity contribution in [2.45, 2.75) is 19.2 Å². The van der Waals surface area contributed by atoms with Gasteiger partial charge < -0.3 is 0 Å². The summed E-state index contributed by atoms with van der Waals surface area (Å²) in [4.78, 5) is 0. The van der Waals surface area contributed by atoms with Crippen molar-refractivity contribution in [3.63, 3.8) is 0 Å². The molecule has 12 heavy (non-hydrogen) atoms. The topological polar surface area (TPSA) is 0 Å². The first-order chi connectivity index (χ1) is 5.74. The van der Waals surface area contributed by atoms with Gasteiger partial charge in [-0.3, -0.25) is 0 Å². The zero-order chi connectivity index (χ0) is 9.56. The van der Waals surface area contributed by atoms with Crippen molar-refractivity contribution in [1.82, 2.24) is 0 Å². The van der Waals surface area contributed by atoms with E-state index in [0.29, 0.717) is 5.33 Å². The highest BCUT2D eigenvalue weighted by Crippen LogP contribution is 2.10. The van der Waals surface area contributed by atoms with Crippen LogP contribution in [0.5, 0.6) is 0 Å². The van der Waals surface area contributed by atoms with Gasteiger partial charge in [0.25, 0.3) is 0 Å². The van der Waals surface area contributed by atoms with Crippen molar-refractivity contribution in [2.24, 2.45) is 0 Å². The fourth-order valence-corrected chi connectivity index (χ4v) is 0.972. The molecule has 3 heteroatoms. The maximum atomic E-state index is 12.4. The average molecular weight is 237 g/mol. The van der Waals surface area contributed by atoms with Crippen LogP contribution in [-0.2, 0) is 5.33 Å². The average Bonchev–Trinajstić information content (AvgIpc) is 2.13. The van der Waals surface area contributed by atoms with Crippen LogP contribution in [-0.4, -0.2) is 0 Å². The Morgan fingerprint density at radius 2 is 1.75 bits per heavy atom. The van der Waals surface area contributed by atoms with Crippen LogP contribution < -0.4 is 0 Å². The van der Waals surface area contributed by atoms with E-state index in [-0.39, 0.29) is 0 Å². The van der Waals surface area contributed by atoms with Crippen molar-refractivity contribution in [1.29, 1.82) is 0 Å². The summed E-state index contributed by atoms with van der Waals surface area (Å²) in [5.41, 5.74) is 0.735. The van der Waals surface area contributed by atoms with Crippen molar-refractivity contribution in [3.05, 3.63) is 35.4 Å². The Morgan fingerprint density at radius 3 is 2.17 bits per heavy atom. The number of hydrogen-bond acceptors (Lipinski definition) is 0. The molecule has 0 amide bonds. The molecule has 0 nitrogen and oxygen atoms in total. The van der Waals surface area contributed by atoms with Gasteiger partial charge >= 0.3 is 0 Å². The summed E-state index contributed by atoms with van der Waals surface area (Å²) >= 11 is 3.13. The highest BCUT2D eigenvalue weighted by Gasteiger charge is 1.99. The normalized spacial score (nSPS) is 8.75. The maximum Gasteiger partial charge on any atom is 0.159 e.